The topological polar surface area (TPSA) is 75.7 Å². The van der Waals surface area contributed by atoms with Gasteiger partial charge in [0.15, 0.2) is 6.61 Å². The van der Waals surface area contributed by atoms with E-state index in [9.17, 15) is 14.4 Å². The summed E-state index contributed by atoms with van der Waals surface area (Å²) in [4.78, 5) is 37.9. The van der Waals surface area contributed by atoms with E-state index in [1.807, 2.05) is 0 Å². The number of ether oxygens (including phenoxy) is 1. The minimum absolute atomic E-state index is 0.00698. The number of carbonyl (C=O) groups is 3. The highest BCUT2D eigenvalue weighted by atomic mass is 35.5. The number of nitrogens with one attached hydrogen (secondary N) is 1. The van der Waals surface area contributed by atoms with Crippen molar-refractivity contribution in [2.75, 3.05) is 20.2 Å². The van der Waals surface area contributed by atoms with Crippen LogP contribution >= 0.6 is 11.6 Å². The zero-order chi connectivity index (χ0) is 18.5. The van der Waals surface area contributed by atoms with Crippen molar-refractivity contribution in [2.24, 2.45) is 17.3 Å². The minimum atomic E-state index is -0.506. The monoisotopic (exact) mass is 382 g/mol. The lowest BCUT2D eigenvalue weighted by Crippen LogP contribution is -2.56. The molecule has 26 heavy (non-hydrogen) atoms. The highest BCUT2D eigenvalue weighted by Gasteiger charge is 2.60. The van der Waals surface area contributed by atoms with Gasteiger partial charge in [-0.3, -0.25) is 14.4 Å². The van der Waals surface area contributed by atoms with E-state index in [0.717, 1.165) is 38.5 Å². The molecule has 144 valence electrons. The van der Waals surface area contributed by atoms with Gasteiger partial charge in [-0.15, -0.1) is 11.6 Å². The van der Waals surface area contributed by atoms with Crippen LogP contribution in [0.4, 0.5) is 0 Å². The van der Waals surface area contributed by atoms with E-state index in [4.69, 9.17) is 16.3 Å². The first-order chi connectivity index (χ1) is 12.3. The predicted octanol–water partition coefficient (Wildman–Crippen LogP) is 1.84. The Balaban J connectivity index is 1.29. The highest BCUT2D eigenvalue weighted by molar-refractivity contribution is 6.24. The van der Waals surface area contributed by atoms with Crippen molar-refractivity contribution in [3.05, 3.63) is 0 Å². The Morgan fingerprint density at radius 1 is 1.15 bits per heavy atom. The molecule has 0 spiro atoms. The summed E-state index contributed by atoms with van der Waals surface area (Å²) in [6.45, 7) is -0.314. The number of halogens is 1. The third-order valence-corrected chi connectivity index (χ3v) is 6.94. The number of amides is 2. The first-order valence-corrected chi connectivity index (χ1v) is 10.0. The van der Waals surface area contributed by atoms with Crippen molar-refractivity contribution < 1.29 is 19.1 Å². The SMILES string of the molecule is CN(CC(=O)NC1CC1)C(=O)COC(=O)C12C[C@@H]3C[C@H](CC(Cl)(C3)C1)C2. The summed E-state index contributed by atoms with van der Waals surface area (Å²) >= 11 is 6.75. The number of rotatable bonds is 6. The lowest BCUT2D eigenvalue weighted by atomic mass is 9.49. The molecule has 5 saturated carbocycles. The number of alkyl halides is 1. The Hall–Kier alpha value is -1.30. The van der Waals surface area contributed by atoms with Crippen molar-refractivity contribution >= 4 is 29.4 Å². The molecule has 4 bridgehead atoms. The van der Waals surface area contributed by atoms with E-state index in [1.54, 1.807) is 7.05 Å². The lowest BCUT2D eigenvalue weighted by molar-refractivity contribution is -0.173. The molecule has 2 amide bonds. The Labute approximate surface area is 158 Å². The van der Waals surface area contributed by atoms with Gasteiger partial charge >= 0.3 is 5.97 Å². The van der Waals surface area contributed by atoms with E-state index in [2.05, 4.69) is 5.32 Å². The molecule has 6 nitrogen and oxygen atoms in total. The van der Waals surface area contributed by atoms with Crippen molar-refractivity contribution in [1.82, 2.24) is 10.2 Å². The molecule has 5 aliphatic carbocycles. The predicted molar refractivity (Wildman–Crippen MR) is 95.5 cm³/mol. The molecular formula is C19H27ClN2O4. The van der Waals surface area contributed by atoms with Crippen LogP contribution in [0.3, 0.4) is 0 Å². The van der Waals surface area contributed by atoms with Gasteiger partial charge in [-0.05, 0) is 63.2 Å². The van der Waals surface area contributed by atoms with Crippen LogP contribution in [0.15, 0.2) is 0 Å². The fourth-order valence-electron chi connectivity index (χ4n) is 5.58. The fourth-order valence-corrected chi connectivity index (χ4v) is 6.28. The number of hydrogen-bond donors (Lipinski definition) is 1. The van der Waals surface area contributed by atoms with Crippen LogP contribution in [-0.4, -0.2) is 53.8 Å². The van der Waals surface area contributed by atoms with Gasteiger partial charge in [0, 0.05) is 18.0 Å². The number of nitrogens with zero attached hydrogens (tertiary/aromatic N) is 1. The van der Waals surface area contributed by atoms with Gasteiger partial charge in [-0.1, -0.05) is 0 Å². The van der Waals surface area contributed by atoms with Gasteiger partial charge in [-0.2, -0.15) is 0 Å². The van der Waals surface area contributed by atoms with Crippen LogP contribution in [0.25, 0.3) is 0 Å². The first-order valence-electron chi connectivity index (χ1n) is 9.66. The average molecular weight is 383 g/mol. The van der Waals surface area contributed by atoms with Gasteiger partial charge in [0.1, 0.15) is 0 Å². The summed E-state index contributed by atoms with van der Waals surface area (Å²) in [6, 6.07) is 0.266. The van der Waals surface area contributed by atoms with Gasteiger partial charge in [-0.25, -0.2) is 0 Å². The van der Waals surface area contributed by atoms with Crippen LogP contribution < -0.4 is 5.32 Å². The van der Waals surface area contributed by atoms with Crippen molar-refractivity contribution in [1.29, 1.82) is 0 Å². The number of likely N-dealkylation sites (N-methyl/N-ethyl adjacent to an activating group) is 1. The van der Waals surface area contributed by atoms with Gasteiger partial charge in [0.2, 0.25) is 5.91 Å². The van der Waals surface area contributed by atoms with Crippen LogP contribution in [0.2, 0.25) is 0 Å². The molecule has 0 aromatic heterocycles. The maximum Gasteiger partial charge on any atom is 0.312 e. The number of esters is 1. The lowest BCUT2D eigenvalue weighted by Gasteiger charge is -2.58. The summed E-state index contributed by atoms with van der Waals surface area (Å²) in [5.74, 6) is 0.215. The van der Waals surface area contributed by atoms with Crippen molar-refractivity contribution in [3.8, 4) is 0 Å². The Morgan fingerprint density at radius 2 is 1.81 bits per heavy atom. The Kier molecular flexibility index (Phi) is 4.45. The second-order valence-electron chi connectivity index (χ2n) is 9.06. The van der Waals surface area contributed by atoms with Crippen LogP contribution in [0.1, 0.15) is 51.4 Å². The third-order valence-electron chi connectivity index (χ3n) is 6.50. The van der Waals surface area contributed by atoms with E-state index in [-0.39, 0.29) is 41.9 Å². The standard InChI is InChI=1S/C19H27ClN2O4/c1-22(9-15(23)21-14-2-3-14)16(24)10-26-17(25)18-5-12-4-13(6-18)8-19(20,7-12)11-18/h12-14H,2-11H2,1H3,(H,21,23)/t12-,13-,18?,19?/m0/s1. The highest BCUT2D eigenvalue weighted by Crippen LogP contribution is 2.64. The average Bonchev–Trinajstić information content (AvgIpc) is 3.33. The summed E-state index contributed by atoms with van der Waals surface area (Å²) in [6.07, 6.45) is 7.52. The molecule has 0 aliphatic heterocycles. The molecule has 1 N–H and O–H groups in total. The van der Waals surface area contributed by atoms with E-state index in [1.165, 1.54) is 11.3 Å². The molecule has 5 fully saturated rings. The second kappa shape index (κ2) is 6.39. The largest absolute Gasteiger partial charge is 0.455 e. The van der Waals surface area contributed by atoms with Crippen LogP contribution in [0.5, 0.6) is 0 Å². The number of carbonyl (C=O) groups excluding carboxylic acids is 3. The van der Waals surface area contributed by atoms with E-state index < -0.39 is 5.41 Å². The molecule has 2 atom stereocenters. The molecule has 0 unspecified atom stereocenters. The molecule has 0 radical (unpaired) electrons. The maximum absolute atomic E-state index is 12.8. The van der Waals surface area contributed by atoms with Gasteiger partial charge in [0.05, 0.1) is 12.0 Å². The zero-order valence-corrected chi connectivity index (χ0v) is 16.0. The van der Waals surface area contributed by atoms with Crippen LogP contribution in [0, 0.1) is 17.3 Å². The molecule has 0 saturated heterocycles. The van der Waals surface area contributed by atoms with E-state index >= 15 is 0 Å². The fraction of sp³-hybridized carbons (Fsp3) is 0.842. The summed E-state index contributed by atoms with van der Waals surface area (Å²) < 4.78 is 5.41. The zero-order valence-electron chi connectivity index (χ0n) is 15.3. The summed E-state index contributed by atoms with van der Waals surface area (Å²) in [5.41, 5.74) is -0.506. The van der Waals surface area contributed by atoms with Gasteiger partial charge in [0.25, 0.3) is 5.91 Å². The van der Waals surface area contributed by atoms with Gasteiger partial charge < -0.3 is 15.0 Å². The molecule has 0 heterocycles. The number of hydrogen-bond acceptors (Lipinski definition) is 4. The Morgan fingerprint density at radius 3 is 2.38 bits per heavy atom. The molecule has 5 aliphatic rings. The quantitative estimate of drug-likeness (QED) is 0.562. The summed E-state index contributed by atoms with van der Waals surface area (Å²) in [5, 5.41) is 2.84. The Bertz CT molecular complexity index is 619. The molecule has 0 aromatic rings. The third kappa shape index (κ3) is 3.57. The van der Waals surface area contributed by atoms with E-state index in [0.29, 0.717) is 18.3 Å². The first kappa shape index (κ1) is 18.1. The molecule has 0 aromatic carbocycles. The molecular weight excluding hydrogens is 356 g/mol. The molecule has 7 heteroatoms. The maximum atomic E-state index is 12.8. The normalized spacial score (nSPS) is 37.3. The van der Waals surface area contributed by atoms with Crippen molar-refractivity contribution in [2.45, 2.75) is 62.3 Å². The summed E-state index contributed by atoms with van der Waals surface area (Å²) in [7, 11) is 1.56. The smallest absolute Gasteiger partial charge is 0.312 e. The second-order valence-corrected chi connectivity index (χ2v) is 9.86. The van der Waals surface area contributed by atoms with Crippen molar-refractivity contribution in [3.63, 3.8) is 0 Å². The minimum Gasteiger partial charge on any atom is -0.455 e. The molecule has 5 rings (SSSR count). The van der Waals surface area contributed by atoms with Crippen LogP contribution in [-0.2, 0) is 19.1 Å².